The minimum Gasteiger partial charge on any atom is -0.393 e. The number of hydrogen-bond acceptors (Lipinski definition) is 2. The van der Waals surface area contributed by atoms with Gasteiger partial charge in [0.25, 0.3) is 0 Å². The second-order valence-electron chi connectivity index (χ2n) is 5.22. The maximum absolute atomic E-state index is 12.4. The van der Waals surface area contributed by atoms with Crippen LogP contribution in [0.15, 0.2) is 0 Å². The van der Waals surface area contributed by atoms with Gasteiger partial charge in [-0.25, -0.2) is 0 Å². The van der Waals surface area contributed by atoms with Crippen molar-refractivity contribution in [2.45, 2.75) is 46.0 Å². The first kappa shape index (κ1) is 14.4. The summed E-state index contributed by atoms with van der Waals surface area (Å²) in [5.41, 5.74) is 5.70. The van der Waals surface area contributed by atoms with E-state index in [1.54, 1.807) is 0 Å². The maximum atomic E-state index is 12.4. The molecule has 1 heterocycles. The van der Waals surface area contributed by atoms with E-state index in [1.165, 1.54) is 19.3 Å². The van der Waals surface area contributed by atoms with Crippen LogP contribution in [0.2, 0.25) is 0 Å². The Morgan fingerprint density at radius 1 is 1.12 bits per heavy atom. The van der Waals surface area contributed by atoms with Crippen LogP contribution in [0.1, 0.15) is 46.0 Å². The number of carbonyl (C=O) groups is 1. The third-order valence-electron chi connectivity index (χ3n) is 3.41. The molecule has 2 N–H and O–H groups in total. The molecule has 0 radical (unpaired) electrons. The van der Waals surface area contributed by atoms with Gasteiger partial charge in [-0.1, -0.05) is 45.3 Å². The van der Waals surface area contributed by atoms with Crippen molar-refractivity contribution in [2.24, 2.45) is 17.6 Å². The molecule has 17 heavy (non-hydrogen) atoms. The Kier molecular flexibility index (Phi) is 5.89. The highest BCUT2D eigenvalue weighted by molar-refractivity contribution is 7.80. The van der Waals surface area contributed by atoms with Crippen molar-refractivity contribution in [1.29, 1.82) is 0 Å². The summed E-state index contributed by atoms with van der Waals surface area (Å²) in [4.78, 5) is 14.7. The minimum atomic E-state index is -0.288. The fraction of sp³-hybridized carbons (Fsp3) is 0.846. The molecule has 1 unspecified atom stereocenters. The van der Waals surface area contributed by atoms with E-state index in [9.17, 15) is 4.79 Å². The average molecular weight is 256 g/mol. The van der Waals surface area contributed by atoms with Crippen LogP contribution in [0.5, 0.6) is 0 Å². The van der Waals surface area contributed by atoms with E-state index in [2.05, 4.69) is 0 Å². The van der Waals surface area contributed by atoms with E-state index >= 15 is 0 Å². The lowest BCUT2D eigenvalue weighted by Crippen LogP contribution is -2.44. The summed E-state index contributed by atoms with van der Waals surface area (Å²) >= 11 is 5.03. The van der Waals surface area contributed by atoms with Gasteiger partial charge in [-0.05, 0) is 18.8 Å². The molecule has 0 aromatic rings. The third-order valence-corrected chi connectivity index (χ3v) is 3.66. The van der Waals surface area contributed by atoms with Crippen molar-refractivity contribution < 1.29 is 4.79 Å². The van der Waals surface area contributed by atoms with E-state index in [0.29, 0.717) is 4.99 Å². The summed E-state index contributed by atoms with van der Waals surface area (Å²) < 4.78 is 0. The molecule has 1 fully saturated rings. The molecule has 3 nitrogen and oxygen atoms in total. The van der Waals surface area contributed by atoms with Crippen LogP contribution < -0.4 is 5.73 Å². The van der Waals surface area contributed by atoms with Crippen LogP contribution in [-0.4, -0.2) is 28.9 Å². The first-order valence-corrected chi connectivity index (χ1v) is 7.03. The molecule has 0 bridgehead atoms. The van der Waals surface area contributed by atoms with Gasteiger partial charge in [0.05, 0.1) is 10.9 Å². The highest BCUT2D eigenvalue weighted by atomic mass is 32.1. The van der Waals surface area contributed by atoms with Gasteiger partial charge < -0.3 is 10.6 Å². The minimum absolute atomic E-state index is 0.134. The fourth-order valence-electron chi connectivity index (χ4n) is 2.40. The number of amides is 1. The quantitative estimate of drug-likeness (QED) is 0.788. The topological polar surface area (TPSA) is 46.3 Å². The van der Waals surface area contributed by atoms with Crippen molar-refractivity contribution in [3.8, 4) is 0 Å². The molecular formula is C13H24N2OS. The Bertz CT molecular complexity index is 271. The predicted molar refractivity (Wildman–Crippen MR) is 74.8 cm³/mol. The van der Waals surface area contributed by atoms with Gasteiger partial charge in [0.2, 0.25) is 5.91 Å². The number of thiocarbonyl (C=S) groups is 1. The number of nitrogens with zero attached hydrogens (tertiary/aromatic N) is 1. The van der Waals surface area contributed by atoms with E-state index in [0.717, 1.165) is 25.9 Å². The molecule has 0 aromatic carbocycles. The molecule has 1 saturated heterocycles. The van der Waals surface area contributed by atoms with Gasteiger partial charge in [-0.3, -0.25) is 4.79 Å². The van der Waals surface area contributed by atoms with Crippen LogP contribution in [0, 0.1) is 11.8 Å². The molecular weight excluding hydrogens is 232 g/mol. The highest BCUT2D eigenvalue weighted by Crippen LogP contribution is 2.18. The summed E-state index contributed by atoms with van der Waals surface area (Å²) in [6, 6.07) is 0. The summed E-state index contributed by atoms with van der Waals surface area (Å²) in [6.45, 7) is 5.74. The zero-order chi connectivity index (χ0) is 12.8. The summed E-state index contributed by atoms with van der Waals surface area (Å²) in [6.07, 6.45) is 5.96. The van der Waals surface area contributed by atoms with Gasteiger partial charge in [0, 0.05) is 13.1 Å². The van der Waals surface area contributed by atoms with Gasteiger partial charge in [0.1, 0.15) is 0 Å². The fourth-order valence-corrected chi connectivity index (χ4v) is 2.77. The molecule has 4 heteroatoms. The van der Waals surface area contributed by atoms with E-state index in [1.807, 2.05) is 18.7 Å². The molecule has 1 amide bonds. The second-order valence-corrected chi connectivity index (χ2v) is 5.69. The maximum Gasteiger partial charge on any atom is 0.232 e. The number of rotatable bonds is 3. The molecule has 1 aliphatic rings. The molecule has 1 rings (SSSR count). The van der Waals surface area contributed by atoms with E-state index < -0.39 is 0 Å². The predicted octanol–water partition coefficient (Wildman–Crippen LogP) is 2.34. The van der Waals surface area contributed by atoms with Crippen LogP contribution in [-0.2, 0) is 4.79 Å². The standard InChI is InChI=1S/C13H24N2OS/c1-10(2)11(12(14)17)13(16)15-8-6-4-3-5-7-9-15/h10-11H,3-9H2,1-2H3,(H2,14,17). The van der Waals surface area contributed by atoms with Crippen LogP contribution in [0.25, 0.3) is 0 Å². The molecule has 0 aliphatic carbocycles. The average Bonchev–Trinajstić information content (AvgIpc) is 2.14. The zero-order valence-electron chi connectivity index (χ0n) is 10.9. The highest BCUT2D eigenvalue weighted by Gasteiger charge is 2.29. The lowest BCUT2D eigenvalue weighted by atomic mass is 9.93. The SMILES string of the molecule is CC(C)C(C(=O)N1CCCCCCC1)C(N)=S. The Morgan fingerprint density at radius 3 is 2.00 bits per heavy atom. The lowest BCUT2D eigenvalue weighted by molar-refractivity contribution is -0.134. The van der Waals surface area contributed by atoms with Crippen molar-refractivity contribution in [3.63, 3.8) is 0 Å². The number of hydrogen-bond donors (Lipinski definition) is 1. The molecule has 0 aromatic heterocycles. The Morgan fingerprint density at radius 2 is 1.59 bits per heavy atom. The molecule has 0 spiro atoms. The first-order chi connectivity index (χ1) is 8.04. The van der Waals surface area contributed by atoms with Gasteiger partial charge >= 0.3 is 0 Å². The van der Waals surface area contributed by atoms with Crippen molar-refractivity contribution >= 4 is 23.1 Å². The normalized spacial score (nSPS) is 19.6. The summed E-state index contributed by atoms with van der Waals surface area (Å²) in [5, 5.41) is 0. The van der Waals surface area contributed by atoms with Gasteiger partial charge in [0.15, 0.2) is 0 Å². The summed E-state index contributed by atoms with van der Waals surface area (Å²) in [5.74, 6) is 0.0317. The van der Waals surface area contributed by atoms with Crippen LogP contribution in [0.4, 0.5) is 0 Å². The molecule has 98 valence electrons. The van der Waals surface area contributed by atoms with E-state index in [-0.39, 0.29) is 17.7 Å². The molecule has 0 saturated carbocycles. The largest absolute Gasteiger partial charge is 0.393 e. The van der Waals surface area contributed by atoms with Crippen molar-refractivity contribution in [3.05, 3.63) is 0 Å². The smallest absolute Gasteiger partial charge is 0.232 e. The monoisotopic (exact) mass is 256 g/mol. The molecule has 1 atom stereocenters. The Labute approximate surface area is 110 Å². The van der Waals surface area contributed by atoms with Gasteiger partial charge in [-0.15, -0.1) is 0 Å². The summed E-state index contributed by atoms with van der Waals surface area (Å²) in [7, 11) is 0. The second kappa shape index (κ2) is 6.94. The van der Waals surface area contributed by atoms with Crippen molar-refractivity contribution in [2.75, 3.05) is 13.1 Å². The molecule has 1 aliphatic heterocycles. The number of likely N-dealkylation sites (tertiary alicyclic amines) is 1. The van der Waals surface area contributed by atoms with Gasteiger partial charge in [-0.2, -0.15) is 0 Å². The Balaban J connectivity index is 2.67. The first-order valence-electron chi connectivity index (χ1n) is 6.62. The van der Waals surface area contributed by atoms with Crippen molar-refractivity contribution in [1.82, 2.24) is 4.90 Å². The van der Waals surface area contributed by atoms with Crippen LogP contribution >= 0.6 is 12.2 Å². The zero-order valence-corrected chi connectivity index (χ0v) is 11.8. The number of nitrogens with two attached hydrogens (primary N) is 1. The van der Waals surface area contributed by atoms with Crippen LogP contribution in [0.3, 0.4) is 0 Å². The third kappa shape index (κ3) is 4.26. The lowest BCUT2D eigenvalue weighted by Gasteiger charge is -2.30. The Hall–Kier alpha value is -0.640. The van der Waals surface area contributed by atoms with E-state index in [4.69, 9.17) is 18.0 Å². The number of carbonyl (C=O) groups excluding carboxylic acids is 1.